The fourth-order valence-electron chi connectivity index (χ4n) is 2.90. The highest BCUT2D eigenvalue weighted by molar-refractivity contribution is 7.17. The van der Waals surface area contributed by atoms with Gasteiger partial charge in [0.2, 0.25) is 0 Å². The summed E-state index contributed by atoms with van der Waals surface area (Å²) in [4.78, 5) is 17.5. The van der Waals surface area contributed by atoms with E-state index < -0.39 is 0 Å². The Morgan fingerprint density at radius 2 is 1.78 bits per heavy atom. The molecule has 0 atom stereocenters. The molecule has 0 aliphatic carbocycles. The van der Waals surface area contributed by atoms with Crippen molar-refractivity contribution in [3.05, 3.63) is 69.5 Å². The molecule has 0 aliphatic rings. The Labute approximate surface area is 164 Å². The highest BCUT2D eigenvalue weighted by Gasteiger charge is 2.15. The predicted molar refractivity (Wildman–Crippen MR) is 109 cm³/mol. The van der Waals surface area contributed by atoms with Crippen LogP contribution in [0.15, 0.2) is 59.0 Å². The van der Waals surface area contributed by atoms with E-state index in [4.69, 9.17) is 21.1 Å². The minimum atomic E-state index is -0.112. The second-order valence-corrected chi connectivity index (χ2v) is 7.11. The monoisotopic (exact) mass is 398 g/mol. The van der Waals surface area contributed by atoms with Gasteiger partial charge in [0.15, 0.2) is 11.5 Å². The Morgan fingerprint density at radius 1 is 1.04 bits per heavy atom. The van der Waals surface area contributed by atoms with Gasteiger partial charge >= 0.3 is 0 Å². The van der Waals surface area contributed by atoms with Crippen molar-refractivity contribution in [1.29, 1.82) is 0 Å². The average Bonchev–Trinajstić information content (AvgIpc) is 3.13. The molecule has 4 rings (SSSR count). The van der Waals surface area contributed by atoms with Crippen LogP contribution in [-0.2, 0) is 0 Å². The van der Waals surface area contributed by atoms with Crippen LogP contribution in [0.25, 0.3) is 27.0 Å². The summed E-state index contributed by atoms with van der Waals surface area (Å²) in [6.45, 7) is 0. The van der Waals surface area contributed by atoms with Crippen LogP contribution in [0, 0.1) is 0 Å². The Balaban J connectivity index is 1.85. The number of halogens is 1. The molecule has 0 bridgehead atoms. The molecule has 0 N–H and O–H groups in total. The lowest BCUT2D eigenvalue weighted by molar-refractivity contribution is 0.355. The van der Waals surface area contributed by atoms with Crippen LogP contribution in [0.5, 0.6) is 11.5 Å². The van der Waals surface area contributed by atoms with Gasteiger partial charge in [-0.05, 0) is 42.0 Å². The van der Waals surface area contributed by atoms with Gasteiger partial charge in [0.05, 0.1) is 25.4 Å². The molecule has 0 saturated carbocycles. The zero-order chi connectivity index (χ0) is 19.0. The topological polar surface area (TPSA) is 53.4 Å². The highest BCUT2D eigenvalue weighted by Crippen LogP contribution is 2.36. The van der Waals surface area contributed by atoms with E-state index in [1.54, 1.807) is 44.8 Å². The quantitative estimate of drug-likeness (QED) is 0.496. The van der Waals surface area contributed by atoms with E-state index in [2.05, 4.69) is 4.98 Å². The van der Waals surface area contributed by atoms with Gasteiger partial charge in [0, 0.05) is 16.0 Å². The van der Waals surface area contributed by atoms with Crippen molar-refractivity contribution in [2.75, 3.05) is 14.2 Å². The van der Waals surface area contributed by atoms with Crippen LogP contribution >= 0.6 is 22.9 Å². The van der Waals surface area contributed by atoms with Gasteiger partial charge in [-0.2, -0.15) is 0 Å². The van der Waals surface area contributed by atoms with Gasteiger partial charge in [-0.1, -0.05) is 17.7 Å². The summed E-state index contributed by atoms with van der Waals surface area (Å²) in [6, 6.07) is 12.7. The first kappa shape index (κ1) is 17.6. The van der Waals surface area contributed by atoms with Gasteiger partial charge in [-0.15, -0.1) is 11.3 Å². The molecular formula is C20H15ClN2O3S. The maximum absolute atomic E-state index is 12.9. The molecule has 2 aromatic heterocycles. The zero-order valence-electron chi connectivity index (χ0n) is 14.6. The second-order valence-electron chi connectivity index (χ2n) is 5.79. The van der Waals surface area contributed by atoms with Gasteiger partial charge < -0.3 is 9.47 Å². The molecule has 0 aliphatic heterocycles. The number of hydrogen-bond acceptors (Lipinski definition) is 5. The number of fused-ring (bicyclic) bond motifs is 1. The van der Waals surface area contributed by atoms with Gasteiger partial charge in [-0.25, -0.2) is 4.98 Å². The Hall–Kier alpha value is -2.83. The molecule has 0 amide bonds. The Bertz CT molecular complexity index is 1180. The lowest BCUT2D eigenvalue weighted by Crippen LogP contribution is -2.17. The Kier molecular flexibility index (Phi) is 4.59. The molecule has 2 heterocycles. The van der Waals surface area contributed by atoms with E-state index in [0.29, 0.717) is 26.7 Å². The van der Waals surface area contributed by atoms with E-state index in [0.717, 1.165) is 16.8 Å². The lowest BCUT2D eigenvalue weighted by Gasteiger charge is -2.09. The first-order chi connectivity index (χ1) is 13.1. The summed E-state index contributed by atoms with van der Waals surface area (Å²) in [7, 11) is 3.19. The van der Waals surface area contributed by atoms with E-state index in [1.807, 2.05) is 23.6 Å². The van der Waals surface area contributed by atoms with Crippen molar-refractivity contribution in [2.24, 2.45) is 0 Å². The fourth-order valence-corrected chi connectivity index (χ4v) is 3.99. The third-order valence-corrected chi connectivity index (χ3v) is 5.49. The number of thiophene rings is 1. The summed E-state index contributed by atoms with van der Waals surface area (Å²) in [6.07, 6.45) is 1.55. The van der Waals surface area contributed by atoms with Crippen LogP contribution in [0.2, 0.25) is 5.02 Å². The van der Waals surface area contributed by atoms with Crippen molar-refractivity contribution in [3.8, 4) is 28.3 Å². The number of benzene rings is 2. The van der Waals surface area contributed by atoms with E-state index in [1.165, 1.54) is 15.9 Å². The minimum absolute atomic E-state index is 0.112. The smallest absolute Gasteiger partial charge is 0.275 e. The van der Waals surface area contributed by atoms with Crippen molar-refractivity contribution in [3.63, 3.8) is 0 Å². The SMILES string of the molecule is COc1ccc(-c2csc3c(=O)n(-c4ccc(Cl)cc4)cnc23)cc1OC. The predicted octanol–water partition coefficient (Wildman–Crippen LogP) is 4.78. The molecule has 0 spiro atoms. The van der Waals surface area contributed by atoms with Crippen LogP contribution in [0.1, 0.15) is 0 Å². The molecule has 27 heavy (non-hydrogen) atoms. The normalized spacial score (nSPS) is 10.9. The summed E-state index contributed by atoms with van der Waals surface area (Å²) < 4.78 is 12.8. The molecule has 2 aromatic carbocycles. The van der Waals surface area contributed by atoms with Gasteiger partial charge in [-0.3, -0.25) is 9.36 Å². The molecule has 0 radical (unpaired) electrons. The highest BCUT2D eigenvalue weighted by atomic mass is 35.5. The average molecular weight is 399 g/mol. The van der Waals surface area contributed by atoms with Crippen molar-refractivity contribution in [2.45, 2.75) is 0 Å². The molecule has 5 nitrogen and oxygen atoms in total. The summed E-state index contributed by atoms with van der Waals surface area (Å²) in [5.74, 6) is 1.28. The molecule has 0 unspecified atom stereocenters. The van der Waals surface area contributed by atoms with Crippen LogP contribution in [0.3, 0.4) is 0 Å². The van der Waals surface area contributed by atoms with Crippen LogP contribution in [0.4, 0.5) is 0 Å². The molecule has 7 heteroatoms. The summed E-state index contributed by atoms with van der Waals surface area (Å²) >= 11 is 7.31. The van der Waals surface area contributed by atoms with Crippen molar-refractivity contribution in [1.82, 2.24) is 9.55 Å². The summed E-state index contributed by atoms with van der Waals surface area (Å²) in [5, 5.41) is 2.56. The van der Waals surface area contributed by atoms with Crippen LogP contribution in [-0.4, -0.2) is 23.8 Å². The summed E-state index contributed by atoms with van der Waals surface area (Å²) in [5.41, 5.74) is 3.08. The number of nitrogens with zero attached hydrogens (tertiary/aromatic N) is 2. The minimum Gasteiger partial charge on any atom is -0.493 e. The first-order valence-corrected chi connectivity index (χ1v) is 9.35. The maximum atomic E-state index is 12.9. The lowest BCUT2D eigenvalue weighted by atomic mass is 10.1. The number of methoxy groups -OCH3 is 2. The second kappa shape index (κ2) is 7.06. The Morgan fingerprint density at radius 3 is 2.48 bits per heavy atom. The maximum Gasteiger partial charge on any atom is 0.275 e. The molecule has 0 saturated heterocycles. The number of aromatic nitrogens is 2. The molecule has 136 valence electrons. The third-order valence-electron chi connectivity index (χ3n) is 4.28. The number of rotatable bonds is 4. The molecule has 0 fully saturated rings. The molecule has 4 aromatic rings. The fraction of sp³-hybridized carbons (Fsp3) is 0.100. The van der Waals surface area contributed by atoms with E-state index in [-0.39, 0.29) is 5.56 Å². The standard InChI is InChI=1S/C20H15ClN2O3S/c1-25-16-8-3-12(9-17(16)26-2)15-10-27-19-18(15)22-11-23(20(19)24)14-6-4-13(21)5-7-14/h3-11H,1-2H3. The van der Waals surface area contributed by atoms with Gasteiger partial charge in [0.25, 0.3) is 5.56 Å². The largest absolute Gasteiger partial charge is 0.493 e. The van der Waals surface area contributed by atoms with Gasteiger partial charge in [0.1, 0.15) is 11.0 Å². The van der Waals surface area contributed by atoms with Crippen LogP contribution < -0.4 is 15.0 Å². The van der Waals surface area contributed by atoms with E-state index >= 15 is 0 Å². The van der Waals surface area contributed by atoms with Crippen molar-refractivity contribution < 1.29 is 9.47 Å². The first-order valence-electron chi connectivity index (χ1n) is 8.09. The van der Waals surface area contributed by atoms with E-state index in [9.17, 15) is 4.79 Å². The number of ether oxygens (including phenoxy) is 2. The number of hydrogen-bond donors (Lipinski definition) is 0. The molecular weight excluding hydrogens is 384 g/mol. The zero-order valence-corrected chi connectivity index (χ0v) is 16.2. The third kappa shape index (κ3) is 3.07. The van der Waals surface area contributed by atoms with Crippen molar-refractivity contribution >= 4 is 33.2 Å².